The van der Waals surface area contributed by atoms with E-state index in [1.165, 1.54) is 42.7 Å². The first kappa shape index (κ1) is 21.5. The Morgan fingerprint density at radius 2 is 1.41 bits per heavy atom. The van der Waals surface area contributed by atoms with Crippen molar-refractivity contribution in [3.8, 4) is 0 Å². The van der Waals surface area contributed by atoms with E-state index in [-0.39, 0.29) is 22.6 Å². The van der Waals surface area contributed by atoms with E-state index in [0.717, 1.165) is 12.4 Å². The van der Waals surface area contributed by atoms with Crippen LogP contribution in [0, 0.1) is 20.2 Å². The van der Waals surface area contributed by atoms with Crippen LogP contribution in [0.2, 0.25) is 0 Å². The Morgan fingerprint density at radius 3 is 1.97 bits per heavy atom. The molecular formula is C17H13N9O6. The molecule has 2 heterocycles. The van der Waals surface area contributed by atoms with Gasteiger partial charge in [0.25, 0.3) is 17.5 Å². The first-order valence-electron chi connectivity index (χ1n) is 8.63. The number of aromatic nitrogens is 3. The van der Waals surface area contributed by atoms with E-state index in [1.54, 1.807) is 0 Å². The molecule has 3 rings (SSSR count). The quantitative estimate of drug-likeness (QED) is 0.289. The van der Waals surface area contributed by atoms with Gasteiger partial charge in [-0.15, -0.1) is 0 Å². The van der Waals surface area contributed by atoms with Gasteiger partial charge in [0.2, 0.25) is 11.6 Å². The lowest BCUT2D eigenvalue weighted by Crippen LogP contribution is -2.32. The summed E-state index contributed by atoms with van der Waals surface area (Å²) in [5.41, 5.74) is 8.23. The van der Waals surface area contributed by atoms with E-state index < -0.39 is 33.2 Å². The molecule has 0 saturated carbocycles. The van der Waals surface area contributed by atoms with E-state index in [9.17, 15) is 29.8 Å². The molecule has 32 heavy (non-hydrogen) atoms. The Morgan fingerprint density at radius 1 is 0.812 bits per heavy atom. The maximum Gasteiger partial charge on any atom is 0.356 e. The van der Waals surface area contributed by atoms with Gasteiger partial charge in [-0.1, -0.05) is 6.07 Å². The largest absolute Gasteiger partial charge is 0.356 e. The van der Waals surface area contributed by atoms with E-state index in [1.807, 2.05) is 0 Å². The van der Waals surface area contributed by atoms with Crippen LogP contribution in [0.1, 0.15) is 20.7 Å². The summed E-state index contributed by atoms with van der Waals surface area (Å²) < 4.78 is 0. The maximum absolute atomic E-state index is 12.2. The van der Waals surface area contributed by atoms with Crippen LogP contribution in [0.25, 0.3) is 0 Å². The zero-order chi connectivity index (χ0) is 23.1. The summed E-state index contributed by atoms with van der Waals surface area (Å²) in [6.45, 7) is 0. The van der Waals surface area contributed by atoms with Gasteiger partial charge in [-0.3, -0.25) is 56.5 Å². The van der Waals surface area contributed by atoms with Crippen LogP contribution in [0.15, 0.2) is 55.1 Å². The SMILES string of the molecule is O=C(NNc1ncnc(NNC(=O)c2cccc([N+](=O)[O-])c2)c1[N+](=O)[O-])c1ccncc1. The maximum atomic E-state index is 12.2. The predicted octanol–water partition coefficient (Wildman–Crippen LogP) is 1.20. The van der Waals surface area contributed by atoms with Crippen molar-refractivity contribution >= 4 is 34.8 Å². The Kier molecular flexibility index (Phi) is 6.40. The van der Waals surface area contributed by atoms with Crippen molar-refractivity contribution < 1.29 is 19.4 Å². The summed E-state index contributed by atoms with van der Waals surface area (Å²) >= 11 is 0. The van der Waals surface area contributed by atoms with Crippen LogP contribution < -0.4 is 21.7 Å². The minimum Gasteiger partial charge on any atom is -0.276 e. The number of nitrogens with zero attached hydrogens (tertiary/aromatic N) is 5. The van der Waals surface area contributed by atoms with Crippen LogP contribution in [-0.4, -0.2) is 36.6 Å². The van der Waals surface area contributed by atoms with Crippen LogP contribution in [0.4, 0.5) is 23.0 Å². The van der Waals surface area contributed by atoms with Crippen molar-refractivity contribution in [1.82, 2.24) is 25.8 Å². The molecule has 0 saturated heterocycles. The number of nitro groups is 2. The number of carbonyl (C=O) groups is 2. The summed E-state index contributed by atoms with van der Waals surface area (Å²) in [5.74, 6) is -2.17. The second-order valence-electron chi connectivity index (χ2n) is 5.88. The highest BCUT2D eigenvalue weighted by molar-refractivity contribution is 5.96. The third-order valence-electron chi connectivity index (χ3n) is 3.86. The fourth-order valence-electron chi connectivity index (χ4n) is 2.37. The average Bonchev–Trinajstić information content (AvgIpc) is 2.81. The standard InChI is InChI=1S/C17H13N9O6/c27-16(10-4-6-18-7-5-10)23-21-14-13(26(31)32)15(20-9-19-14)22-24-17(28)11-2-1-3-12(8-11)25(29)30/h1-9H,(H,23,27)(H,24,28)(H2,19,20,21,22). The molecule has 2 amide bonds. The van der Waals surface area contributed by atoms with Gasteiger partial charge in [-0.25, -0.2) is 9.97 Å². The third-order valence-corrected chi connectivity index (χ3v) is 3.86. The molecular weight excluding hydrogens is 426 g/mol. The van der Waals surface area contributed by atoms with Gasteiger partial charge in [0.1, 0.15) is 6.33 Å². The number of hydrazine groups is 2. The van der Waals surface area contributed by atoms with Crippen LogP contribution in [0.5, 0.6) is 0 Å². The summed E-state index contributed by atoms with van der Waals surface area (Å²) in [7, 11) is 0. The lowest BCUT2D eigenvalue weighted by molar-refractivity contribution is -0.384. The van der Waals surface area contributed by atoms with Gasteiger partial charge in [0.15, 0.2) is 0 Å². The van der Waals surface area contributed by atoms with Crippen molar-refractivity contribution in [2.24, 2.45) is 0 Å². The summed E-state index contributed by atoms with van der Waals surface area (Å²) in [5, 5.41) is 22.4. The number of rotatable bonds is 8. The molecule has 0 radical (unpaired) electrons. The minimum absolute atomic E-state index is 0.0635. The van der Waals surface area contributed by atoms with Crippen LogP contribution in [0.3, 0.4) is 0 Å². The van der Waals surface area contributed by atoms with Gasteiger partial charge in [-0.2, -0.15) is 0 Å². The molecule has 4 N–H and O–H groups in total. The molecule has 0 aliphatic rings. The average molecular weight is 439 g/mol. The Labute approximate surface area is 178 Å². The van der Waals surface area contributed by atoms with Gasteiger partial charge in [0.05, 0.1) is 9.85 Å². The number of non-ortho nitro benzene ring substituents is 1. The van der Waals surface area contributed by atoms with Gasteiger partial charge in [-0.05, 0) is 18.2 Å². The molecule has 0 bridgehead atoms. The Hall–Kier alpha value is -5.21. The second-order valence-corrected chi connectivity index (χ2v) is 5.88. The molecule has 1 aromatic carbocycles. The molecule has 0 aliphatic carbocycles. The van der Waals surface area contributed by atoms with Crippen molar-refractivity contribution in [3.05, 3.63) is 86.5 Å². The molecule has 15 nitrogen and oxygen atoms in total. The van der Waals surface area contributed by atoms with Crippen LogP contribution in [-0.2, 0) is 0 Å². The lowest BCUT2D eigenvalue weighted by atomic mass is 10.2. The first-order chi connectivity index (χ1) is 15.4. The number of hydrogen-bond donors (Lipinski definition) is 4. The number of hydrogen-bond acceptors (Lipinski definition) is 11. The molecule has 0 spiro atoms. The highest BCUT2D eigenvalue weighted by Crippen LogP contribution is 2.27. The number of nitrogens with one attached hydrogen (secondary N) is 4. The van der Waals surface area contributed by atoms with Crippen molar-refractivity contribution in [3.63, 3.8) is 0 Å². The van der Waals surface area contributed by atoms with Gasteiger partial charge < -0.3 is 0 Å². The third kappa shape index (κ3) is 5.03. The van der Waals surface area contributed by atoms with E-state index in [2.05, 4.69) is 36.7 Å². The molecule has 162 valence electrons. The first-order valence-corrected chi connectivity index (χ1v) is 8.63. The molecule has 2 aromatic heterocycles. The molecule has 15 heteroatoms. The Bertz CT molecular complexity index is 1190. The smallest absolute Gasteiger partial charge is 0.276 e. The molecule has 0 aliphatic heterocycles. The molecule has 3 aromatic rings. The van der Waals surface area contributed by atoms with Gasteiger partial charge >= 0.3 is 5.69 Å². The lowest BCUT2D eigenvalue weighted by Gasteiger charge is -2.11. The fourth-order valence-corrected chi connectivity index (χ4v) is 2.37. The minimum atomic E-state index is -0.831. The summed E-state index contributed by atoms with van der Waals surface area (Å²) in [6, 6.07) is 7.74. The number of nitro benzene ring substituents is 1. The predicted molar refractivity (Wildman–Crippen MR) is 108 cm³/mol. The molecule has 0 unspecified atom stereocenters. The van der Waals surface area contributed by atoms with Crippen molar-refractivity contribution in [2.45, 2.75) is 0 Å². The summed E-state index contributed by atoms with van der Waals surface area (Å²) in [4.78, 5) is 56.4. The topological polar surface area (TPSA) is 207 Å². The number of carbonyl (C=O) groups excluding carboxylic acids is 2. The van der Waals surface area contributed by atoms with Crippen molar-refractivity contribution in [1.29, 1.82) is 0 Å². The second kappa shape index (κ2) is 9.53. The fraction of sp³-hybridized carbons (Fsp3) is 0. The highest BCUT2D eigenvalue weighted by atomic mass is 16.6. The summed E-state index contributed by atoms with van der Waals surface area (Å²) in [6.07, 6.45) is 3.75. The Balaban J connectivity index is 1.74. The van der Waals surface area contributed by atoms with Crippen molar-refractivity contribution in [2.75, 3.05) is 10.9 Å². The molecule has 0 fully saturated rings. The van der Waals surface area contributed by atoms with E-state index in [0.29, 0.717) is 0 Å². The number of amides is 2. The zero-order valence-corrected chi connectivity index (χ0v) is 15.9. The zero-order valence-electron chi connectivity index (χ0n) is 15.9. The van der Waals surface area contributed by atoms with E-state index >= 15 is 0 Å². The van der Waals surface area contributed by atoms with Gasteiger partial charge in [0, 0.05) is 35.7 Å². The van der Waals surface area contributed by atoms with E-state index in [4.69, 9.17) is 0 Å². The monoisotopic (exact) mass is 439 g/mol. The number of pyridine rings is 1. The normalized spacial score (nSPS) is 10.0. The molecule has 0 atom stereocenters. The van der Waals surface area contributed by atoms with Crippen LogP contribution >= 0.6 is 0 Å². The number of anilines is 2. The highest BCUT2D eigenvalue weighted by Gasteiger charge is 2.24. The number of benzene rings is 1.